The summed E-state index contributed by atoms with van der Waals surface area (Å²) >= 11 is 0. The summed E-state index contributed by atoms with van der Waals surface area (Å²) in [7, 11) is 0. The largest absolute Gasteiger partial charge is 0.303 e. The third-order valence-corrected chi connectivity index (χ3v) is 4.06. The highest BCUT2D eigenvalue weighted by Crippen LogP contribution is 2.13. The molecule has 0 bridgehead atoms. The van der Waals surface area contributed by atoms with Crippen LogP contribution in [0.2, 0.25) is 0 Å². The summed E-state index contributed by atoms with van der Waals surface area (Å²) in [4.78, 5) is 2.49. The van der Waals surface area contributed by atoms with Crippen molar-refractivity contribution in [2.24, 2.45) is 5.92 Å². The molecule has 0 heterocycles. The average Bonchev–Trinajstić information content (AvgIpc) is 2.45. The first-order chi connectivity index (χ1) is 9.05. The molecule has 0 aromatic heterocycles. The fourth-order valence-electron chi connectivity index (χ4n) is 2.26. The quantitative estimate of drug-likeness (QED) is 0.623. The van der Waals surface area contributed by atoms with Crippen molar-refractivity contribution in [1.82, 2.24) is 10.2 Å². The van der Waals surface area contributed by atoms with Crippen LogP contribution in [0.5, 0.6) is 0 Å². The predicted molar refractivity (Wildman–Crippen MR) is 83.1 cm³/mol. The number of nitrogens with one attached hydrogen (secondary N) is 1. The summed E-state index contributed by atoms with van der Waals surface area (Å²) in [5, 5.41) is 12.7. The Kier molecular flexibility index (Phi) is 9.91. The summed E-state index contributed by atoms with van der Waals surface area (Å²) in [6, 6.07) is 2.44. The van der Waals surface area contributed by atoms with Crippen molar-refractivity contribution in [3.8, 4) is 6.07 Å². The summed E-state index contributed by atoms with van der Waals surface area (Å²) in [5.41, 5.74) is -0.378. The lowest BCUT2D eigenvalue weighted by Gasteiger charge is -2.29. The number of nitriles is 1. The van der Waals surface area contributed by atoms with E-state index in [9.17, 15) is 5.26 Å². The molecule has 0 saturated carbocycles. The molecular weight excluding hydrogens is 234 g/mol. The van der Waals surface area contributed by atoms with Crippen molar-refractivity contribution in [1.29, 1.82) is 5.26 Å². The molecule has 0 aliphatic carbocycles. The zero-order valence-corrected chi connectivity index (χ0v) is 13.6. The Hall–Kier alpha value is -0.590. The molecule has 0 rings (SSSR count). The van der Waals surface area contributed by atoms with E-state index in [2.05, 4.69) is 44.0 Å². The Balaban J connectivity index is 4.27. The molecule has 0 amide bonds. The molecule has 112 valence electrons. The van der Waals surface area contributed by atoms with E-state index in [1.807, 2.05) is 6.92 Å². The predicted octanol–water partition coefficient (Wildman–Crippen LogP) is 3.42. The van der Waals surface area contributed by atoms with Crippen LogP contribution >= 0.6 is 0 Å². The maximum absolute atomic E-state index is 9.34. The van der Waals surface area contributed by atoms with Gasteiger partial charge in [0, 0.05) is 13.1 Å². The fraction of sp³-hybridized carbons (Fsp3) is 0.938. The Morgan fingerprint density at radius 3 is 2.26 bits per heavy atom. The number of hydrogen-bond acceptors (Lipinski definition) is 3. The minimum atomic E-state index is -0.378. The maximum atomic E-state index is 9.34. The van der Waals surface area contributed by atoms with Gasteiger partial charge in [0.25, 0.3) is 0 Å². The van der Waals surface area contributed by atoms with Crippen LogP contribution in [-0.4, -0.2) is 36.6 Å². The Morgan fingerprint density at radius 2 is 1.84 bits per heavy atom. The molecule has 0 aliphatic heterocycles. The van der Waals surface area contributed by atoms with E-state index in [0.717, 1.165) is 38.4 Å². The average molecular weight is 267 g/mol. The number of hydrogen-bond donors (Lipinski definition) is 1. The third kappa shape index (κ3) is 7.54. The SMILES string of the molecule is CCCNC(C)(C#N)CCN(CC)CC(CC)CC. The van der Waals surface area contributed by atoms with Gasteiger partial charge in [-0.05, 0) is 38.8 Å². The van der Waals surface area contributed by atoms with Gasteiger partial charge < -0.3 is 4.90 Å². The number of nitrogens with zero attached hydrogens (tertiary/aromatic N) is 2. The molecule has 0 saturated heterocycles. The highest BCUT2D eigenvalue weighted by Gasteiger charge is 2.23. The molecule has 0 radical (unpaired) electrons. The molecule has 1 unspecified atom stereocenters. The summed E-state index contributed by atoms with van der Waals surface area (Å²) in [6.07, 6.45) is 4.47. The van der Waals surface area contributed by atoms with Crippen molar-refractivity contribution in [2.45, 2.75) is 65.8 Å². The lowest BCUT2D eigenvalue weighted by molar-refractivity contribution is 0.214. The molecule has 3 nitrogen and oxygen atoms in total. The van der Waals surface area contributed by atoms with Crippen LogP contribution in [0.1, 0.15) is 60.3 Å². The first-order valence-electron chi connectivity index (χ1n) is 7.93. The minimum absolute atomic E-state index is 0.378. The molecule has 0 aromatic carbocycles. The van der Waals surface area contributed by atoms with Crippen LogP contribution in [0.4, 0.5) is 0 Å². The molecule has 0 aliphatic rings. The van der Waals surface area contributed by atoms with E-state index >= 15 is 0 Å². The van der Waals surface area contributed by atoms with E-state index < -0.39 is 0 Å². The van der Waals surface area contributed by atoms with E-state index in [-0.39, 0.29) is 5.54 Å². The highest BCUT2D eigenvalue weighted by molar-refractivity contribution is 5.03. The van der Waals surface area contributed by atoms with Gasteiger partial charge in [0.1, 0.15) is 5.54 Å². The van der Waals surface area contributed by atoms with Crippen molar-refractivity contribution < 1.29 is 0 Å². The second-order valence-corrected chi connectivity index (χ2v) is 5.70. The molecular formula is C16H33N3. The zero-order chi connectivity index (χ0) is 14.7. The Morgan fingerprint density at radius 1 is 1.21 bits per heavy atom. The van der Waals surface area contributed by atoms with Gasteiger partial charge in [-0.25, -0.2) is 0 Å². The van der Waals surface area contributed by atoms with E-state index in [4.69, 9.17) is 0 Å². The summed E-state index contributed by atoms with van der Waals surface area (Å²) in [6.45, 7) is 15.1. The van der Waals surface area contributed by atoms with Gasteiger partial charge in [-0.1, -0.05) is 40.5 Å². The molecule has 19 heavy (non-hydrogen) atoms. The van der Waals surface area contributed by atoms with Gasteiger partial charge in [-0.3, -0.25) is 5.32 Å². The van der Waals surface area contributed by atoms with Crippen LogP contribution in [0.15, 0.2) is 0 Å². The van der Waals surface area contributed by atoms with Crippen LogP contribution in [0.3, 0.4) is 0 Å². The van der Waals surface area contributed by atoms with Crippen molar-refractivity contribution in [3.05, 3.63) is 0 Å². The third-order valence-electron chi connectivity index (χ3n) is 4.06. The van der Waals surface area contributed by atoms with Gasteiger partial charge in [0.2, 0.25) is 0 Å². The molecule has 0 spiro atoms. The minimum Gasteiger partial charge on any atom is -0.303 e. The molecule has 0 fully saturated rings. The topological polar surface area (TPSA) is 39.1 Å². The van der Waals surface area contributed by atoms with Gasteiger partial charge in [0.05, 0.1) is 6.07 Å². The van der Waals surface area contributed by atoms with Crippen LogP contribution in [0, 0.1) is 17.2 Å². The van der Waals surface area contributed by atoms with Gasteiger partial charge in [-0.2, -0.15) is 5.26 Å². The van der Waals surface area contributed by atoms with Gasteiger partial charge in [-0.15, -0.1) is 0 Å². The molecule has 1 atom stereocenters. The first kappa shape index (κ1) is 18.4. The first-order valence-corrected chi connectivity index (χ1v) is 7.93. The Bertz CT molecular complexity index is 255. The van der Waals surface area contributed by atoms with E-state index in [1.54, 1.807) is 0 Å². The van der Waals surface area contributed by atoms with E-state index in [0.29, 0.717) is 0 Å². The Labute approximate surface area is 120 Å². The van der Waals surface area contributed by atoms with Crippen molar-refractivity contribution >= 4 is 0 Å². The van der Waals surface area contributed by atoms with Crippen LogP contribution in [-0.2, 0) is 0 Å². The zero-order valence-electron chi connectivity index (χ0n) is 13.6. The molecule has 0 aromatic rings. The lowest BCUT2D eigenvalue weighted by Crippen LogP contribution is -2.44. The lowest BCUT2D eigenvalue weighted by atomic mass is 9.98. The van der Waals surface area contributed by atoms with Crippen molar-refractivity contribution in [3.63, 3.8) is 0 Å². The van der Waals surface area contributed by atoms with Gasteiger partial charge in [0.15, 0.2) is 0 Å². The van der Waals surface area contributed by atoms with Crippen molar-refractivity contribution in [2.75, 3.05) is 26.2 Å². The summed E-state index contributed by atoms with van der Waals surface area (Å²) < 4.78 is 0. The second-order valence-electron chi connectivity index (χ2n) is 5.70. The number of rotatable bonds is 11. The maximum Gasteiger partial charge on any atom is 0.105 e. The van der Waals surface area contributed by atoms with Gasteiger partial charge >= 0.3 is 0 Å². The monoisotopic (exact) mass is 267 g/mol. The second kappa shape index (κ2) is 10.2. The normalized spacial score (nSPS) is 14.6. The van der Waals surface area contributed by atoms with Crippen LogP contribution in [0.25, 0.3) is 0 Å². The smallest absolute Gasteiger partial charge is 0.105 e. The fourth-order valence-corrected chi connectivity index (χ4v) is 2.26. The van der Waals surface area contributed by atoms with Crippen LogP contribution < -0.4 is 5.32 Å². The molecule has 3 heteroatoms. The van der Waals surface area contributed by atoms with E-state index in [1.165, 1.54) is 19.4 Å². The molecule has 1 N–H and O–H groups in total. The standard InChI is InChI=1S/C16H33N3/c1-6-11-18-16(5,14-17)10-12-19(9-4)13-15(7-2)8-3/h15,18H,6-13H2,1-5H3. The highest BCUT2D eigenvalue weighted by atomic mass is 15.1. The summed E-state index contributed by atoms with van der Waals surface area (Å²) in [5.74, 6) is 0.789.